The van der Waals surface area contributed by atoms with Gasteiger partial charge in [-0.1, -0.05) is 30.3 Å². The second-order valence-corrected chi connectivity index (χ2v) is 6.90. The van der Waals surface area contributed by atoms with Gasteiger partial charge in [0.2, 0.25) is 0 Å². The van der Waals surface area contributed by atoms with E-state index in [4.69, 9.17) is 0 Å². The van der Waals surface area contributed by atoms with Gasteiger partial charge in [-0.2, -0.15) is 0 Å². The third kappa shape index (κ3) is 3.70. The van der Waals surface area contributed by atoms with Crippen molar-refractivity contribution >= 4 is 11.3 Å². The summed E-state index contributed by atoms with van der Waals surface area (Å²) in [5.74, 6) is 0. The van der Waals surface area contributed by atoms with Crippen LogP contribution in [0.3, 0.4) is 0 Å². The van der Waals surface area contributed by atoms with Crippen molar-refractivity contribution in [3.05, 3.63) is 52.0 Å². The maximum absolute atomic E-state index is 4.62. The van der Waals surface area contributed by atoms with Crippen LogP contribution in [-0.2, 0) is 6.54 Å². The minimum Gasteiger partial charge on any atom is -0.309 e. The largest absolute Gasteiger partial charge is 0.309 e. The lowest BCUT2D eigenvalue weighted by Gasteiger charge is -2.28. The Balaban J connectivity index is 1.74. The fourth-order valence-electron chi connectivity index (χ4n) is 2.95. The first-order valence-corrected chi connectivity index (χ1v) is 8.54. The second kappa shape index (κ2) is 6.69. The number of aromatic nitrogens is 1. The number of benzene rings is 1. The number of aryl methyl sites for hydroxylation is 1. The summed E-state index contributed by atoms with van der Waals surface area (Å²) in [7, 11) is 0. The van der Waals surface area contributed by atoms with Crippen molar-refractivity contribution in [1.29, 1.82) is 0 Å². The molecule has 1 N–H and O–H groups in total. The van der Waals surface area contributed by atoms with E-state index in [0.29, 0.717) is 12.1 Å². The Morgan fingerprint density at radius 1 is 1.33 bits per heavy atom. The van der Waals surface area contributed by atoms with Crippen LogP contribution >= 0.6 is 11.3 Å². The molecule has 4 heteroatoms. The number of nitrogens with zero attached hydrogens (tertiary/aromatic N) is 2. The van der Waals surface area contributed by atoms with E-state index in [1.165, 1.54) is 17.7 Å². The van der Waals surface area contributed by atoms with Crippen molar-refractivity contribution in [3.8, 4) is 0 Å². The molecule has 1 saturated heterocycles. The number of thiazole rings is 1. The summed E-state index contributed by atoms with van der Waals surface area (Å²) >= 11 is 1.74. The minimum absolute atomic E-state index is 0.413. The number of nitrogens with one attached hydrogen (secondary N) is 1. The van der Waals surface area contributed by atoms with Crippen LogP contribution in [-0.4, -0.2) is 29.0 Å². The van der Waals surface area contributed by atoms with E-state index in [9.17, 15) is 0 Å². The molecule has 3 nitrogen and oxygen atoms in total. The summed E-state index contributed by atoms with van der Waals surface area (Å²) in [6.45, 7) is 7.48. The Kier molecular flexibility index (Phi) is 4.68. The summed E-state index contributed by atoms with van der Waals surface area (Å²) < 4.78 is 0. The van der Waals surface area contributed by atoms with Crippen LogP contribution in [0.5, 0.6) is 0 Å². The lowest BCUT2D eigenvalue weighted by molar-refractivity contribution is 0.194. The molecule has 2 heterocycles. The molecule has 2 aromatic rings. The van der Waals surface area contributed by atoms with Crippen molar-refractivity contribution in [2.75, 3.05) is 13.1 Å². The molecule has 3 rings (SSSR count). The van der Waals surface area contributed by atoms with Gasteiger partial charge in [0, 0.05) is 30.6 Å². The molecule has 1 aliphatic heterocycles. The zero-order valence-electron chi connectivity index (χ0n) is 12.7. The third-order valence-electron chi connectivity index (χ3n) is 4.23. The lowest BCUT2D eigenvalue weighted by atomic mass is 10.1. The summed E-state index contributed by atoms with van der Waals surface area (Å²) in [5.41, 5.74) is 2.59. The molecule has 2 unspecified atom stereocenters. The fraction of sp³-hybridized carbons (Fsp3) is 0.471. The van der Waals surface area contributed by atoms with E-state index in [1.54, 1.807) is 11.3 Å². The average Bonchev–Trinajstić information content (AvgIpc) is 2.81. The molecule has 1 aromatic carbocycles. The highest BCUT2D eigenvalue weighted by molar-refractivity contribution is 7.09. The van der Waals surface area contributed by atoms with Crippen molar-refractivity contribution in [2.45, 2.75) is 38.9 Å². The molecule has 1 fully saturated rings. The lowest BCUT2D eigenvalue weighted by Crippen LogP contribution is -2.35. The van der Waals surface area contributed by atoms with Crippen LogP contribution in [0.2, 0.25) is 0 Å². The highest BCUT2D eigenvalue weighted by atomic mass is 32.1. The second-order valence-electron chi connectivity index (χ2n) is 5.84. The van der Waals surface area contributed by atoms with Gasteiger partial charge in [-0.3, -0.25) is 4.90 Å². The normalized spacial score (nSPS) is 23.9. The predicted octanol–water partition coefficient (Wildman–Crippen LogP) is 3.38. The van der Waals surface area contributed by atoms with E-state index in [-0.39, 0.29) is 0 Å². The maximum Gasteiger partial charge on any atom is 0.0897 e. The first kappa shape index (κ1) is 14.7. The molecule has 0 spiro atoms. The number of rotatable bonds is 3. The van der Waals surface area contributed by atoms with Gasteiger partial charge >= 0.3 is 0 Å². The molecule has 0 saturated carbocycles. The smallest absolute Gasteiger partial charge is 0.0897 e. The van der Waals surface area contributed by atoms with Crippen molar-refractivity contribution < 1.29 is 0 Å². The Morgan fingerprint density at radius 2 is 2.14 bits per heavy atom. The highest BCUT2D eigenvalue weighted by Gasteiger charge is 2.24. The SMILES string of the molecule is Cc1nc(CN2CC(c3ccccc3)NCCC2C)cs1. The molecular formula is C17H23N3S. The van der Waals surface area contributed by atoms with Crippen LogP contribution in [0, 0.1) is 6.92 Å². The Bertz CT molecular complexity index is 566. The predicted molar refractivity (Wildman–Crippen MR) is 88.5 cm³/mol. The molecule has 0 aliphatic carbocycles. The highest BCUT2D eigenvalue weighted by Crippen LogP contribution is 2.22. The van der Waals surface area contributed by atoms with Crippen LogP contribution in [0.1, 0.15) is 35.7 Å². The molecule has 2 atom stereocenters. The van der Waals surface area contributed by atoms with Gasteiger partial charge in [0.15, 0.2) is 0 Å². The minimum atomic E-state index is 0.413. The van der Waals surface area contributed by atoms with Crippen LogP contribution in [0.25, 0.3) is 0 Å². The van der Waals surface area contributed by atoms with E-state index in [2.05, 4.69) is 64.8 Å². The molecule has 112 valence electrons. The van der Waals surface area contributed by atoms with Gasteiger partial charge in [-0.05, 0) is 32.4 Å². The molecule has 21 heavy (non-hydrogen) atoms. The van der Waals surface area contributed by atoms with Gasteiger partial charge in [0.25, 0.3) is 0 Å². The summed E-state index contributed by atoms with van der Waals surface area (Å²) in [4.78, 5) is 7.19. The Hall–Kier alpha value is -1.23. The van der Waals surface area contributed by atoms with E-state index >= 15 is 0 Å². The summed E-state index contributed by atoms with van der Waals surface area (Å²) in [5, 5.41) is 7.04. The number of hydrogen-bond acceptors (Lipinski definition) is 4. The zero-order chi connectivity index (χ0) is 14.7. The van der Waals surface area contributed by atoms with Gasteiger partial charge in [-0.25, -0.2) is 4.98 Å². The molecular weight excluding hydrogens is 278 g/mol. The monoisotopic (exact) mass is 301 g/mol. The van der Waals surface area contributed by atoms with Gasteiger partial charge in [-0.15, -0.1) is 11.3 Å². The van der Waals surface area contributed by atoms with E-state index < -0.39 is 0 Å². The average molecular weight is 301 g/mol. The van der Waals surface area contributed by atoms with Gasteiger partial charge in [0.05, 0.1) is 10.7 Å². The first-order chi connectivity index (χ1) is 10.2. The van der Waals surface area contributed by atoms with Crippen molar-refractivity contribution in [1.82, 2.24) is 15.2 Å². The van der Waals surface area contributed by atoms with Crippen molar-refractivity contribution in [3.63, 3.8) is 0 Å². The standard InChI is InChI=1S/C17H23N3S/c1-13-8-9-18-17(15-6-4-3-5-7-15)11-20(13)10-16-12-21-14(2)19-16/h3-7,12-13,17-18H,8-11H2,1-2H3. The van der Waals surface area contributed by atoms with E-state index in [0.717, 1.165) is 24.6 Å². The molecule has 1 aliphatic rings. The molecule has 0 amide bonds. The zero-order valence-corrected chi connectivity index (χ0v) is 13.6. The fourth-order valence-corrected chi connectivity index (χ4v) is 3.55. The summed E-state index contributed by atoms with van der Waals surface area (Å²) in [6, 6.07) is 11.8. The Labute approximate surface area is 131 Å². The molecule has 0 radical (unpaired) electrons. The van der Waals surface area contributed by atoms with Crippen LogP contribution in [0.15, 0.2) is 35.7 Å². The quantitative estimate of drug-likeness (QED) is 0.942. The molecule has 0 bridgehead atoms. The van der Waals surface area contributed by atoms with Crippen LogP contribution in [0.4, 0.5) is 0 Å². The van der Waals surface area contributed by atoms with Gasteiger partial charge in [0.1, 0.15) is 0 Å². The number of hydrogen-bond donors (Lipinski definition) is 1. The van der Waals surface area contributed by atoms with Crippen molar-refractivity contribution in [2.24, 2.45) is 0 Å². The first-order valence-electron chi connectivity index (χ1n) is 7.66. The van der Waals surface area contributed by atoms with E-state index in [1.807, 2.05) is 0 Å². The van der Waals surface area contributed by atoms with Crippen LogP contribution < -0.4 is 5.32 Å². The molecule has 1 aromatic heterocycles. The summed E-state index contributed by atoms with van der Waals surface area (Å²) in [6.07, 6.45) is 1.19. The maximum atomic E-state index is 4.62. The van der Waals surface area contributed by atoms with Gasteiger partial charge < -0.3 is 5.32 Å². The topological polar surface area (TPSA) is 28.2 Å². The third-order valence-corrected chi connectivity index (χ3v) is 5.05. The Morgan fingerprint density at radius 3 is 2.86 bits per heavy atom.